The summed E-state index contributed by atoms with van der Waals surface area (Å²) in [6, 6.07) is 13.0. The smallest absolute Gasteiger partial charge is 0.0420 e. The van der Waals surface area contributed by atoms with E-state index in [9.17, 15) is 0 Å². The van der Waals surface area contributed by atoms with Gasteiger partial charge in [-0.3, -0.25) is 0 Å². The molecule has 2 aromatic carbocycles. The summed E-state index contributed by atoms with van der Waals surface area (Å²) in [5.41, 5.74) is 4.31. The van der Waals surface area contributed by atoms with Gasteiger partial charge in [0.15, 0.2) is 0 Å². The fourth-order valence-electron chi connectivity index (χ4n) is 2.73. The molecular formula is C22H14S2. The second kappa shape index (κ2) is 6.17. The molecule has 0 aliphatic rings. The molecule has 0 aliphatic carbocycles. The highest BCUT2D eigenvalue weighted by Crippen LogP contribution is 2.26. The van der Waals surface area contributed by atoms with Gasteiger partial charge >= 0.3 is 0 Å². The topological polar surface area (TPSA) is 0 Å². The van der Waals surface area contributed by atoms with Crippen LogP contribution in [0.5, 0.6) is 0 Å². The first-order valence-electron chi connectivity index (χ1n) is 7.68. The van der Waals surface area contributed by atoms with Gasteiger partial charge in [0, 0.05) is 26.1 Å². The highest BCUT2D eigenvalue weighted by molar-refractivity contribution is 7.17. The number of aryl methyl sites for hydroxylation is 1. The van der Waals surface area contributed by atoms with Crippen LogP contribution in [0.15, 0.2) is 47.2 Å². The molecule has 114 valence electrons. The van der Waals surface area contributed by atoms with Crippen molar-refractivity contribution in [3.63, 3.8) is 0 Å². The van der Waals surface area contributed by atoms with E-state index in [4.69, 9.17) is 0 Å². The van der Waals surface area contributed by atoms with E-state index in [2.05, 4.69) is 77.8 Å². The molecule has 0 saturated carbocycles. The summed E-state index contributed by atoms with van der Waals surface area (Å²) in [5.74, 6) is 12.9. The Morgan fingerprint density at radius 1 is 0.708 bits per heavy atom. The molecule has 2 heterocycles. The fourth-order valence-corrected chi connectivity index (χ4v) is 4.41. The van der Waals surface area contributed by atoms with Crippen molar-refractivity contribution in [1.29, 1.82) is 0 Å². The summed E-state index contributed by atoms with van der Waals surface area (Å²) in [6.07, 6.45) is 0. The summed E-state index contributed by atoms with van der Waals surface area (Å²) in [7, 11) is 0. The Balaban J connectivity index is 1.85. The van der Waals surface area contributed by atoms with Crippen LogP contribution in [0.2, 0.25) is 0 Å². The van der Waals surface area contributed by atoms with Crippen molar-refractivity contribution in [2.75, 3.05) is 0 Å². The van der Waals surface area contributed by atoms with Crippen molar-refractivity contribution >= 4 is 42.8 Å². The molecule has 0 fully saturated rings. The second-order valence-corrected chi connectivity index (χ2v) is 7.50. The minimum atomic E-state index is 1.00. The Hall–Kier alpha value is -2.52. The number of rotatable bonds is 0. The number of hydrogen-bond acceptors (Lipinski definition) is 2. The predicted molar refractivity (Wildman–Crippen MR) is 107 cm³/mol. The van der Waals surface area contributed by atoms with Crippen LogP contribution < -0.4 is 0 Å². The van der Waals surface area contributed by atoms with E-state index in [1.165, 1.54) is 25.7 Å². The van der Waals surface area contributed by atoms with Crippen molar-refractivity contribution in [2.24, 2.45) is 0 Å². The van der Waals surface area contributed by atoms with Crippen LogP contribution in [-0.4, -0.2) is 0 Å². The molecule has 0 nitrogen and oxygen atoms in total. The molecule has 0 amide bonds. The molecule has 2 aromatic heterocycles. The Morgan fingerprint density at radius 2 is 1.29 bits per heavy atom. The zero-order chi connectivity index (χ0) is 16.5. The Bertz CT molecular complexity index is 1180. The number of hydrogen-bond donors (Lipinski definition) is 0. The maximum Gasteiger partial charge on any atom is 0.0420 e. The lowest BCUT2D eigenvalue weighted by molar-refractivity contribution is 1.47. The molecule has 0 aliphatic heterocycles. The zero-order valence-electron chi connectivity index (χ0n) is 13.4. The van der Waals surface area contributed by atoms with E-state index in [0.29, 0.717) is 0 Å². The van der Waals surface area contributed by atoms with Crippen molar-refractivity contribution in [3.05, 3.63) is 69.4 Å². The van der Waals surface area contributed by atoms with Gasteiger partial charge in [0.25, 0.3) is 0 Å². The Morgan fingerprint density at radius 3 is 2.00 bits per heavy atom. The van der Waals surface area contributed by atoms with Crippen LogP contribution in [0.25, 0.3) is 20.2 Å². The Kier molecular flexibility index (Phi) is 3.87. The molecular weight excluding hydrogens is 328 g/mol. The zero-order valence-corrected chi connectivity index (χ0v) is 15.1. The molecule has 0 unspecified atom stereocenters. The molecule has 0 saturated heterocycles. The van der Waals surface area contributed by atoms with Crippen molar-refractivity contribution in [2.45, 2.75) is 13.8 Å². The first-order chi connectivity index (χ1) is 11.7. The van der Waals surface area contributed by atoms with Crippen LogP contribution in [0.4, 0.5) is 0 Å². The lowest BCUT2D eigenvalue weighted by Gasteiger charge is -2.00. The van der Waals surface area contributed by atoms with Crippen LogP contribution in [0.1, 0.15) is 29.2 Å². The van der Waals surface area contributed by atoms with E-state index in [0.717, 1.165) is 16.7 Å². The van der Waals surface area contributed by atoms with Gasteiger partial charge in [0.1, 0.15) is 0 Å². The van der Waals surface area contributed by atoms with Gasteiger partial charge in [-0.2, -0.15) is 0 Å². The lowest BCUT2D eigenvalue weighted by atomic mass is 10.0. The summed E-state index contributed by atoms with van der Waals surface area (Å²) < 4.78 is 2.57. The van der Waals surface area contributed by atoms with Crippen LogP contribution in [0, 0.1) is 30.6 Å². The summed E-state index contributed by atoms with van der Waals surface area (Å²) in [4.78, 5) is 0. The summed E-state index contributed by atoms with van der Waals surface area (Å²) >= 11 is 3.51. The van der Waals surface area contributed by atoms with E-state index in [1.807, 2.05) is 6.92 Å². The highest BCUT2D eigenvalue weighted by atomic mass is 32.1. The minimum Gasteiger partial charge on any atom is -0.144 e. The molecule has 0 bridgehead atoms. The van der Waals surface area contributed by atoms with Crippen molar-refractivity contribution < 1.29 is 0 Å². The van der Waals surface area contributed by atoms with Gasteiger partial charge in [0.2, 0.25) is 0 Å². The third-order valence-corrected chi connectivity index (χ3v) is 5.74. The quantitative estimate of drug-likeness (QED) is 0.334. The molecule has 2 heteroatoms. The van der Waals surface area contributed by atoms with Gasteiger partial charge in [-0.25, -0.2) is 0 Å². The molecule has 4 aromatic rings. The van der Waals surface area contributed by atoms with Gasteiger partial charge in [-0.1, -0.05) is 17.8 Å². The average Bonchev–Trinajstić information content (AvgIpc) is 3.20. The number of fused-ring (bicyclic) bond motifs is 2. The molecule has 0 N–H and O–H groups in total. The maximum absolute atomic E-state index is 3.36. The number of benzene rings is 2. The average molecular weight is 342 g/mol. The van der Waals surface area contributed by atoms with Crippen LogP contribution >= 0.6 is 22.7 Å². The maximum atomic E-state index is 3.36. The van der Waals surface area contributed by atoms with E-state index in [1.54, 1.807) is 22.7 Å². The van der Waals surface area contributed by atoms with Crippen molar-refractivity contribution in [1.82, 2.24) is 0 Å². The first kappa shape index (κ1) is 15.0. The van der Waals surface area contributed by atoms with Crippen LogP contribution in [-0.2, 0) is 0 Å². The largest absolute Gasteiger partial charge is 0.144 e. The fraction of sp³-hybridized carbons (Fsp3) is 0.0909. The summed E-state index contributed by atoms with van der Waals surface area (Å²) in [5, 5.41) is 6.73. The normalized spacial score (nSPS) is 10.2. The minimum absolute atomic E-state index is 1.00. The second-order valence-electron chi connectivity index (χ2n) is 5.61. The molecule has 24 heavy (non-hydrogen) atoms. The standard InChI is InChI=1S/C22H14S2/c1-3-4-17-13-20-8-10-24-22(20)14-18(17)6-5-16-12-19-7-9-23-21(19)11-15(16)2/h7-14H,1-2H3. The highest BCUT2D eigenvalue weighted by Gasteiger charge is 2.04. The first-order valence-corrected chi connectivity index (χ1v) is 9.44. The molecule has 4 rings (SSSR count). The van der Waals surface area contributed by atoms with Gasteiger partial charge in [-0.15, -0.1) is 28.6 Å². The van der Waals surface area contributed by atoms with Gasteiger partial charge in [0.05, 0.1) is 0 Å². The third kappa shape index (κ3) is 2.72. The molecule has 0 spiro atoms. The van der Waals surface area contributed by atoms with Gasteiger partial charge in [-0.05, 0) is 77.3 Å². The molecule has 0 atom stereocenters. The monoisotopic (exact) mass is 342 g/mol. The third-order valence-electron chi connectivity index (χ3n) is 3.98. The molecule has 0 radical (unpaired) electrons. The Labute approximate surface area is 149 Å². The van der Waals surface area contributed by atoms with E-state index >= 15 is 0 Å². The number of thiophene rings is 2. The SMILES string of the molecule is CC#Cc1cc2ccsc2cc1C#Cc1cc2ccsc2cc1C. The van der Waals surface area contributed by atoms with Crippen LogP contribution in [0.3, 0.4) is 0 Å². The van der Waals surface area contributed by atoms with E-state index in [-0.39, 0.29) is 0 Å². The summed E-state index contributed by atoms with van der Waals surface area (Å²) in [6.45, 7) is 3.99. The lowest BCUT2D eigenvalue weighted by Crippen LogP contribution is -1.85. The van der Waals surface area contributed by atoms with Crippen molar-refractivity contribution in [3.8, 4) is 23.7 Å². The van der Waals surface area contributed by atoms with E-state index < -0.39 is 0 Å². The van der Waals surface area contributed by atoms with Gasteiger partial charge < -0.3 is 0 Å². The predicted octanol–water partition coefficient (Wildman–Crippen LogP) is 6.20.